The van der Waals surface area contributed by atoms with Gasteiger partial charge in [0, 0.05) is 12.1 Å². The molecule has 1 N–H and O–H groups in total. The van der Waals surface area contributed by atoms with Crippen LogP contribution in [0.5, 0.6) is 5.75 Å². The fraction of sp³-hybridized carbons (Fsp3) is 0.500. The number of hydrogen-bond donors (Lipinski definition) is 1. The molecule has 1 aliphatic rings. The Bertz CT molecular complexity index is 416. The van der Waals surface area contributed by atoms with Crippen molar-refractivity contribution < 1.29 is 4.74 Å². The van der Waals surface area contributed by atoms with Crippen LogP contribution >= 0.6 is 0 Å². The second-order valence-electron chi connectivity index (χ2n) is 4.57. The Morgan fingerprint density at radius 2 is 2.06 bits per heavy atom. The number of ether oxygens (including phenoxy) is 1. The van der Waals surface area contributed by atoms with E-state index >= 15 is 0 Å². The van der Waals surface area contributed by atoms with Crippen LogP contribution in [-0.4, -0.2) is 12.6 Å². The molecule has 2 rings (SSSR count). The number of para-hydroxylation sites is 1. The third-order valence-corrected chi connectivity index (χ3v) is 3.48. The van der Waals surface area contributed by atoms with Crippen molar-refractivity contribution in [3.8, 4) is 11.8 Å². The van der Waals surface area contributed by atoms with Gasteiger partial charge >= 0.3 is 0 Å². The zero-order valence-electron chi connectivity index (χ0n) is 10.2. The lowest BCUT2D eigenvalue weighted by Gasteiger charge is -2.22. The normalized spacial score (nSPS) is 17.6. The Morgan fingerprint density at radius 3 is 2.71 bits per heavy atom. The van der Waals surface area contributed by atoms with Gasteiger partial charge in [-0.25, -0.2) is 0 Å². The fourth-order valence-corrected chi connectivity index (χ4v) is 2.42. The van der Waals surface area contributed by atoms with Crippen molar-refractivity contribution in [1.29, 1.82) is 5.26 Å². The highest BCUT2D eigenvalue weighted by Crippen LogP contribution is 2.29. The van der Waals surface area contributed by atoms with E-state index in [4.69, 9.17) is 4.74 Å². The van der Waals surface area contributed by atoms with Crippen LogP contribution in [0.4, 0.5) is 0 Å². The topological polar surface area (TPSA) is 45.0 Å². The van der Waals surface area contributed by atoms with E-state index in [2.05, 4.69) is 11.4 Å². The van der Waals surface area contributed by atoms with Crippen LogP contribution in [0, 0.1) is 11.3 Å². The SMILES string of the molecule is COc1ccccc1CNC1(C#N)CCCC1. The van der Waals surface area contributed by atoms with Gasteiger partial charge in [0.05, 0.1) is 13.2 Å². The van der Waals surface area contributed by atoms with Crippen molar-refractivity contribution in [2.75, 3.05) is 7.11 Å². The maximum Gasteiger partial charge on any atom is 0.123 e. The number of nitrogens with one attached hydrogen (secondary N) is 1. The number of hydrogen-bond acceptors (Lipinski definition) is 3. The minimum absolute atomic E-state index is 0.319. The van der Waals surface area contributed by atoms with Crippen molar-refractivity contribution in [2.24, 2.45) is 0 Å². The van der Waals surface area contributed by atoms with E-state index in [-0.39, 0.29) is 5.54 Å². The molecule has 3 heteroatoms. The quantitative estimate of drug-likeness (QED) is 0.864. The maximum atomic E-state index is 9.28. The third kappa shape index (κ3) is 2.59. The number of nitriles is 1. The first-order valence-corrected chi connectivity index (χ1v) is 6.08. The molecule has 3 nitrogen and oxygen atoms in total. The van der Waals surface area contributed by atoms with Gasteiger partial charge in [-0.1, -0.05) is 31.0 Å². The molecule has 1 aliphatic carbocycles. The molecule has 0 heterocycles. The van der Waals surface area contributed by atoms with Gasteiger partial charge in [-0.2, -0.15) is 5.26 Å². The van der Waals surface area contributed by atoms with E-state index in [1.807, 2.05) is 24.3 Å². The summed E-state index contributed by atoms with van der Waals surface area (Å²) in [4.78, 5) is 0. The van der Waals surface area contributed by atoms with Crippen LogP contribution in [0.25, 0.3) is 0 Å². The van der Waals surface area contributed by atoms with Gasteiger partial charge in [0.1, 0.15) is 11.3 Å². The Balaban J connectivity index is 2.04. The van der Waals surface area contributed by atoms with Crippen LogP contribution in [0.3, 0.4) is 0 Å². The molecule has 1 saturated carbocycles. The molecule has 1 aromatic rings. The average molecular weight is 230 g/mol. The summed E-state index contributed by atoms with van der Waals surface area (Å²) in [5.74, 6) is 0.881. The van der Waals surface area contributed by atoms with Crippen molar-refractivity contribution in [3.63, 3.8) is 0 Å². The monoisotopic (exact) mass is 230 g/mol. The summed E-state index contributed by atoms with van der Waals surface area (Å²) in [5, 5.41) is 12.7. The molecular weight excluding hydrogens is 212 g/mol. The first-order valence-electron chi connectivity index (χ1n) is 6.08. The van der Waals surface area contributed by atoms with Gasteiger partial charge in [-0.3, -0.25) is 5.32 Å². The summed E-state index contributed by atoms with van der Waals surface area (Å²) < 4.78 is 5.30. The molecule has 0 amide bonds. The maximum absolute atomic E-state index is 9.28. The van der Waals surface area contributed by atoms with Crippen molar-refractivity contribution in [2.45, 2.75) is 37.8 Å². The molecule has 0 bridgehead atoms. The Labute approximate surface area is 102 Å². The molecular formula is C14H18N2O. The van der Waals surface area contributed by atoms with Crippen molar-refractivity contribution in [1.82, 2.24) is 5.32 Å². The fourth-order valence-electron chi connectivity index (χ4n) is 2.42. The summed E-state index contributed by atoms with van der Waals surface area (Å²) in [6, 6.07) is 10.4. The van der Waals surface area contributed by atoms with Crippen LogP contribution in [0.2, 0.25) is 0 Å². The molecule has 0 unspecified atom stereocenters. The summed E-state index contributed by atoms with van der Waals surface area (Å²) in [5.41, 5.74) is 0.789. The Hall–Kier alpha value is -1.53. The Kier molecular flexibility index (Phi) is 3.65. The standard InChI is InChI=1S/C14H18N2O/c1-17-13-7-3-2-6-12(13)10-16-14(11-15)8-4-5-9-14/h2-3,6-7,16H,4-5,8-10H2,1H3. The van der Waals surface area contributed by atoms with Gasteiger partial charge < -0.3 is 4.74 Å². The van der Waals surface area contributed by atoms with E-state index < -0.39 is 0 Å². The summed E-state index contributed by atoms with van der Waals surface area (Å²) >= 11 is 0. The molecule has 0 aromatic heterocycles. The van der Waals surface area contributed by atoms with E-state index in [0.29, 0.717) is 6.54 Å². The second kappa shape index (κ2) is 5.20. The third-order valence-electron chi connectivity index (χ3n) is 3.48. The van der Waals surface area contributed by atoms with E-state index in [1.165, 1.54) is 0 Å². The van der Waals surface area contributed by atoms with Crippen molar-refractivity contribution >= 4 is 0 Å². The van der Waals surface area contributed by atoms with Gasteiger partial charge in [-0.15, -0.1) is 0 Å². The lowest BCUT2D eigenvalue weighted by Crippen LogP contribution is -2.40. The highest BCUT2D eigenvalue weighted by molar-refractivity contribution is 5.33. The summed E-state index contributed by atoms with van der Waals surface area (Å²) in [6.07, 6.45) is 4.20. The van der Waals surface area contributed by atoms with Crippen LogP contribution in [0.1, 0.15) is 31.2 Å². The lowest BCUT2D eigenvalue weighted by atomic mass is 9.99. The van der Waals surface area contributed by atoms with E-state index in [1.54, 1.807) is 7.11 Å². The smallest absolute Gasteiger partial charge is 0.123 e. The van der Waals surface area contributed by atoms with E-state index in [0.717, 1.165) is 37.0 Å². The highest BCUT2D eigenvalue weighted by atomic mass is 16.5. The predicted octanol–water partition coefficient (Wildman–Crippen LogP) is 2.62. The number of methoxy groups -OCH3 is 1. The van der Waals surface area contributed by atoms with Crippen LogP contribution in [-0.2, 0) is 6.54 Å². The number of rotatable bonds is 4. The zero-order chi connectivity index (χ0) is 12.1. The van der Waals surface area contributed by atoms with E-state index in [9.17, 15) is 5.26 Å². The van der Waals surface area contributed by atoms with Gasteiger partial charge in [-0.05, 0) is 18.9 Å². The minimum Gasteiger partial charge on any atom is -0.496 e. The molecule has 90 valence electrons. The first kappa shape index (κ1) is 11.9. The summed E-state index contributed by atoms with van der Waals surface area (Å²) in [6.45, 7) is 0.692. The molecule has 1 fully saturated rings. The number of benzene rings is 1. The lowest BCUT2D eigenvalue weighted by molar-refractivity contribution is 0.391. The molecule has 1 aromatic carbocycles. The largest absolute Gasteiger partial charge is 0.496 e. The molecule has 0 aliphatic heterocycles. The molecule has 0 saturated heterocycles. The van der Waals surface area contributed by atoms with Gasteiger partial charge in [0.2, 0.25) is 0 Å². The van der Waals surface area contributed by atoms with Crippen LogP contribution in [0.15, 0.2) is 24.3 Å². The highest BCUT2D eigenvalue weighted by Gasteiger charge is 2.33. The second-order valence-corrected chi connectivity index (χ2v) is 4.57. The minimum atomic E-state index is -0.319. The zero-order valence-corrected chi connectivity index (χ0v) is 10.2. The first-order chi connectivity index (χ1) is 8.29. The number of nitrogens with zero attached hydrogens (tertiary/aromatic N) is 1. The van der Waals surface area contributed by atoms with Crippen molar-refractivity contribution in [3.05, 3.63) is 29.8 Å². The molecule has 0 radical (unpaired) electrons. The Morgan fingerprint density at radius 1 is 1.35 bits per heavy atom. The molecule has 0 atom stereocenters. The predicted molar refractivity (Wildman–Crippen MR) is 66.6 cm³/mol. The summed E-state index contributed by atoms with van der Waals surface area (Å²) in [7, 11) is 1.68. The van der Waals surface area contributed by atoms with Gasteiger partial charge in [0.25, 0.3) is 0 Å². The molecule has 17 heavy (non-hydrogen) atoms. The molecule has 0 spiro atoms. The van der Waals surface area contributed by atoms with Gasteiger partial charge in [0.15, 0.2) is 0 Å². The average Bonchev–Trinajstić information content (AvgIpc) is 2.86. The van der Waals surface area contributed by atoms with Crippen LogP contribution < -0.4 is 10.1 Å².